The Hall–Kier alpha value is -0.820. The molecule has 0 aromatic heterocycles. The van der Waals surface area contributed by atoms with Crippen molar-refractivity contribution in [2.24, 2.45) is 0 Å². The molecule has 1 aromatic carbocycles. The lowest BCUT2D eigenvalue weighted by Gasteiger charge is -2.44. The molecule has 1 aliphatic rings. The number of nitrogens with zero attached hydrogens (tertiary/aromatic N) is 1. The maximum Gasteiger partial charge on any atom is 0.0907 e. The topological polar surface area (TPSA) is 0 Å². The van der Waals surface area contributed by atoms with Crippen LogP contribution in [0.3, 0.4) is 0 Å². The van der Waals surface area contributed by atoms with Crippen LogP contribution in [0.1, 0.15) is 36.8 Å². The second-order valence-electron chi connectivity index (χ2n) is 5.82. The first kappa shape index (κ1) is 10.7. The third kappa shape index (κ3) is 2.23. The van der Waals surface area contributed by atoms with Crippen molar-refractivity contribution in [1.82, 2.24) is 0 Å². The Morgan fingerprint density at radius 2 is 1.60 bits per heavy atom. The molecule has 1 heteroatoms. The van der Waals surface area contributed by atoms with Crippen LogP contribution in [0.5, 0.6) is 0 Å². The van der Waals surface area contributed by atoms with Gasteiger partial charge in [0, 0.05) is 0 Å². The summed E-state index contributed by atoms with van der Waals surface area (Å²) < 4.78 is 1.18. The number of hydrogen-bond acceptors (Lipinski definition) is 0. The van der Waals surface area contributed by atoms with Crippen LogP contribution >= 0.6 is 0 Å². The zero-order valence-corrected chi connectivity index (χ0v) is 10.3. The highest BCUT2D eigenvalue weighted by atomic mass is 15.4. The molecule has 0 amide bonds. The van der Waals surface area contributed by atoms with Crippen molar-refractivity contribution in [3.63, 3.8) is 0 Å². The molecule has 15 heavy (non-hydrogen) atoms. The second kappa shape index (κ2) is 3.64. The van der Waals surface area contributed by atoms with Crippen molar-refractivity contribution in [3.8, 4) is 0 Å². The first-order valence-corrected chi connectivity index (χ1v) is 5.90. The molecule has 2 rings (SSSR count). The van der Waals surface area contributed by atoms with Gasteiger partial charge in [-0.15, -0.1) is 0 Å². The van der Waals surface area contributed by atoms with Gasteiger partial charge in [0.2, 0.25) is 0 Å². The van der Waals surface area contributed by atoms with Crippen LogP contribution < -0.4 is 0 Å². The summed E-state index contributed by atoms with van der Waals surface area (Å²) in [4.78, 5) is 0. The van der Waals surface area contributed by atoms with Gasteiger partial charge in [-0.05, 0) is 17.0 Å². The number of hydrogen-bond donors (Lipinski definition) is 0. The minimum atomic E-state index is 0.646. The van der Waals surface area contributed by atoms with Crippen molar-refractivity contribution in [1.29, 1.82) is 0 Å². The summed E-state index contributed by atoms with van der Waals surface area (Å²) >= 11 is 0. The van der Waals surface area contributed by atoms with E-state index >= 15 is 0 Å². The Balaban J connectivity index is 2.06. The summed E-state index contributed by atoms with van der Waals surface area (Å²) in [5.74, 6) is 1.44. The highest BCUT2D eigenvalue weighted by Gasteiger charge is 2.37. The van der Waals surface area contributed by atoms with Gasteiger partial charge in [0.25, 0.3) is 0 Å². The molecular weight excluding hydrogens is 182 g/mol. The molecule has 1 saturated heterocycles. The SMILES string of the molecule is CC(C)c1ccc(C2C[N+](C)(C)C2)cc1. The third-order valence-electron chi connectivity index (χ3n) is 3.50. The molecular formula is C14H22N+. The molecule has 1 nitrogen and oxygen atoms in total. The fraction of sp³-hybridized carbons (Fsp3) is 0.571. The average molecular weight is 204 g/mol. The van der Waals surface area contributed by atoms with Crippen LogP contribution in [-0.2, 0) is 0 Å². The summed E-state index contributed by atoms with van der Waals surface area (Å²) in [5.41, 5.74) is 2.98. The van der Waals surface area contributed by atoms with Crippen molar-refractivity contribution >= 4 is 0 Å². The highest BCUT2D eigenvalue weighted by molar-refractivity contribution is 5.28. The number of likely N-dealkylation sites (N-methyl/N-ethyl adjacent to an activating group) is 1. The van der Waals surface area contributed by atoms with Gasteiger partial charge < -0.3 is 4.48 Å². The minimum Gasteiger partial charge on any atom is -0.327 e. The molecule has 0 saturated carbocycles. The van der Waals surface area contributed by atoms with Crippen molar-refractivity contribution < 1.29 is 4.48 Å². The molecule has 0 aliphatic carbocycles. The monoisotopic (exact) mass is 204 g/mol. The lowest BCUT2D eigenvalue weighted by Crippen LogP contribution is -2.56. The fourth-order valence-electron chi connectivity index (χ4n) is 2.50. The largest absolute Gasteiger partial charge is 0.327 e. The predicted molar refractivity (Wildman–Crippen MR) is 65.1 cm³/mol. The van der Waals surface area contributed by atoms with Crippen molar-refractivity contribution in [3.05, 3.63) is 35.4 Å². The van der Waals surface area contributed by atoms with E-state index in [9.17, 15) is 0 Å². The second-order valence-corrected chi connectivity index (χ2v) is 5.82. The number of benzene rings is 1. The quantitative estimate of drug-likeness (QED) is 0.650. The summed E-state index contributed by atoms with van der Waals surface area (Å²) in [7, 11) is 4.61. The van der Waals surface area contributed by atoms with Crippen LogP contribution in [0.2, 0.25) is 0 Å². The molecule has 1 aromatic rings. The Kier molecular flexibility index (Phi) is 2.59. The molecule has 82 valence electrons. The van der Waals surface area contributed by atoms with Crippen molar-refractivity contribution in [2.75, 3.05) is 27.2 Å². The molecule has 1 heterocycles. The minimum absolute atomic E-state index is 0.646. The maximum atomic E-state index is 2.32. The Morgan fingerprint density at radius 3 is 2.00 bits per heavy atom. The number of quaternary nitrogens is 1. The van der Waals surface area contributed by atoms with E-state index in [1.54, 1.807) is 0 Å². The van der Waals surface area contributed by atoms with Crippen LogP contribution in [0.25, 0.3) is 0 Å². The van der Waals surface area contributed by atoms with E-state index < -0.39 is 0 Å². The summed E-state index contributed by atoms with van der Waals surface area (Å²) in [5, 5.41) is 0. The van der Waals surface area contributed by atoms with E-state index in [1.165, 1.54) is 28.7 Å². The van der Waals surface area contributed by atoms with Crippen LogP contribution in [-0.4, -0.2) is 31.7 Å². The van der Waals surface area contributed by atoms with E-state index in [1.807, 2.05) is 0 Å². The van der Waals surface area contributed by atoms with Gasteiger partial charge in [-0.1, -0.05) is 38.1 Å². The number of rotatable bonds is 2. The zero-order valence-electron chi connectivity index (χ0n) is 10.3. The zero-order chi connectivity index (χ0) is 11.1. The Bertz CT molecular complexity index is 327. The van der Waals surface area contributed by atoms with E-state index in [4.69, 9.17) is 0 Å². The third-order valence-corrected chi connectivity index (χ3v) is 3.50. The van der Waals surface area contributed by atoms with Gasteiger partial charge in [0.05, 0.1) is 33.1 Å². The first-order valence-electron chi connectivity index (χ1n) is 5.90. The molecule has 0 N–H and O–H groups in total. The van der Waals surface area contributed by atoms with Gasteiger partial charge in [-0.25, -0.2) is 0 Å². The molecule has 1 fully saturated rings. The van der Waals surface area contributed by atoms with Gasteiger partial charge >= 0.3 is 0 Å². The van der Waals surface area contributed by atoms with Gasteiger partial charge in [0.15, 0.2) is 0 Å². The highest BCUT2D eigenvalue weighted by Crippen LogP contribution is 2.31. The normalized spacial score (nSPS) is 20.3. The summed E-state index contributed by atoms with van der Waals surface area (Å²) in [6.07, 6.45) is 0. The van der Waals surface area contributed by atoms with Crippen molar-refractivity contribution in [2.45, 2.75) is 25.7 Å². The molecule has 0 bridgehead atoms. The van der Waals surface area contributed by atoms with Gasteiger partial charge in [0.1, 0.15) is 0 Å². The Labute approximate surface area is 93.3 Å². The van der Waals surface area contributed by atoms with Crippen LogP contribution in [0.4, 0.5) is 0 Å². The molecule has 0 radical (unpaired) electrons. The molecule has 0 spiro atoms. The number of likely N-dealkylation sites (tertiary alicyclic amines) is 1. The van der Waals surface area contributed by atoms with Gasteiger partial charge in [-0.2, -0.15) is 0 Å². The Morgan fingerprint density at radius 1 is 1.07 bits per heavy atom. The standard InChI is InChI=1S/C14H22N/c1-11(2)12-5-7-13(8-6-12)14-9-15(3,4)10-14/h5-8,11,14H,9-10H2,1-4H3/q+1. The van der Waals surface area contributed by atoms with Gasteiger partial charge in [-0.3, -0.25) is 0 Å². The fourth-order valence-corrected chi connectivity index (χ4v) is 2.50. The lowest BCUT2D eigenvalue weighted by atomic mass is 9.88. The summed E-state index contributed by atoms with van der Waals surface area (Å²) in [6.45, 7) is 7.08. The predicted octanol–water partition coefficient (Wildman–Crippen LogP) is 2.98. The summed E-state index contributed by atoms with van der Waals surface area (Å²) in [6, 6.07) is 9.22. The molecule has 0 unspecified atom stereocenters. The van der Waals surface area contributed by atoms with E-state index in [0.29, 0.717) is 5.92 Å². The molecule has 1 aliphatic heterocycles. The van der Waals surface area contributed by atoms with E-state index in [0.717, 1.165) is 5.92 Å². The first-order chi connectivity index (χ1) is 6.98. The lowest BCUT2D eigenvalue weighted by molar-refractivity contribution is -0.932. The van der Waals surface area contributed by atoms with Crippen LogP contribution in [0.15, 0.2) is 24.3 Å². The maximum absolute atomic E-state index is 2.32. The van der Waals surface area contributed by atoms with E-state index in [2.05, 4.69) is 52.2 Å². The van der Waals surface area contributed by atoms with E-state index in [-0.39, 0.29) is 0 Å². The average Bonchev–Trinajstić information content (AvgIpc) is 2.14. The van der Waals surface area contributed by atoms with Crippen LogP contribution in [0, 0.1) is 0 Å². The smallest absolute Gasteiger partial charge is 0.0907 e. The molecule has 0 atom stereocenters.